The molecule has 0 fully saturated rings. The number of hydrogen-bond acceptors (Lipinski definition) is 5. The molecular weight excluding hydrogens is 436 g/mol. The Balaban J connectivity index is 0. The highest BCUT2D eigenvalue weighted by atomic mass is 79.9. The van der Waals surface area contributed by atoms with Crippen LogP contribution in [0.2, 0.25) is 0 Å². The van der Waals surface area contributed by atoms with E-state index in [0.717, 1.165) is 11.8 Å². The maximum atomic E-state index is 11.2. The van der Waals surface area contributed by atoms with Gasteiger partial charge in [-0.1, -0.05) is 11.8 Å². The predicted octanol–water partition coefficient (Wildman–Crippen LogP) is -2.87. The van der Waals surface area contributed by atoms with Crippen LogP contribution in [0.25, 0.3) is 0 Å². The van der Waals surface area contributed by atoms with Crippen LogP contribution >= 0.6 is 27.0 Å². The van der Waals surface area contributed by atoms with E-state index in [1.54, 1.807) is 0 Å². The van der Waals surface area contributed by atoms with E-state index in [4.69, 9.17) is 19.6 Å². The lowest BCUT2D eigenvalue weighted by Gasteiger charge is -2.33. The van der Waals surface area contributed by atoms with Gasteiger partial charge in [-0.2, -0.15) is 0 Å². The first kappa shape index (κ1) is 26.0. The van der Waals surface area contributed by atoms with Gasteiger partial charge in [0, 0.05) is 19.8 Å². The molecule has 0 heterocycles. The molecule has 0 unspecified atom stereocenters. The Kier molecular flexibility index (Phi) is 10.6. The number of carbonyl (C=O) groups is 1. The molecule has 0 bridgehead atoms. The van der Waals surface area contributed by atoms with Crippen molar-refractivity contribution in [1.82, 2.24) is 0 Å². The number of hydrogen-bond donors (Lipinski definition) is 5. The fraction of sp³-hybridized carbons (Fsp3) is 0.900. The van der Waals surface area contributed by atoms with Crippen molar-refractivity contribution in [3.05, 3.63) is 0 Å². The summed E-state index contributed by atoms with van der Waals surface area (Å²) in [5.41, 5.74) is 0. The van der Waals surface area contributed by atoms with Crippen LogP contribution in [0.15, 0.2) is 0 Å². The lowest BCUT2D eigenvalue weighted by molar-refractivity contribution is -0.888. The monoisotopic (exact) mass is 459 g/mol. The Morgan fingerprint density at radius 2 is 1.52 bits per heavy atom. The van der Waals surface area contributed by atoms with E-state index < -0.39 is 26.7 Å². The molecule has 0 aliphatic carbocycles. The van der Waals surface area contributed by atoms with E-state index in [0.29, 0.717) is 23.3 Å². The average Bonchev–Trinajstić information content (AvgIpc) is 2.24. The normalized spacial score (nSPS) is 13.6. The maximum Gasteiger partial charge on any atom is 0.369 e. The second-order valence-electron chi connectivity index (χ2n) is 5.69. The highest BCUT2D eigenvalue weighted by Gasteiger charge is 2.58. The number of thioether (sulfide) groups is 1. The molecule has 0 radical (unpaired) electrons. The van der Waals surface area contributed by atoms with E-state index in [1.165, 1.54) is 6.92 Å². The Hall–Kier alpha value is 0.720. The molecule has 0 atom stereocenters. The summed E-state index contributed by atoms with van der Waals surface area (Å²) < 4.78 is 22.8. The van der Waals surface area contributed by atoms with Crippen molar-refractivity contribution >= 4 is 32.1 Å². The topological polar surface area (TPSA) is 152 Å². The van der Waals surface area contributed by atoms with Crippen LogP contribution in [0.3, 0.4) is 0 Å². The molecule has 0 spiro atoms. The van der Waals surface area contributed by atoms with E-state index in [1.807, 2.05) is 14.1 Å². The van der Waals surface area contributed by atoms with Crippen LogP contribution in [0.4, 0.5) is 0 Å². The van der Waals surface area contributed by atoms with Crippen molar-refractivity contribution < 1.29 is 60.1 Å². The molecule has 9 nitrogen and oxygen atoms in total. The van der Waals surface area contributed by atoms with Gasteiger partial charge in [0.05, 0.1) is 32.9 Å². The minimum absolute atomic E-state index is 0. The quantitative estimate of drug-likeness (QED) is 0.181. The number of halogens is 1. The number of carbonyl (C=O) groups excluding carboxylic acids is 1. The van der Waals surface area contributed by atoms with Gasteiger partial charge in [0.15, 0.2) is 5.12 Å². The number of quaternary nitrogens is 1. The first-order chi connectivity index (χ1) is 9.62. The first-order valence-electron chi connectivity index (χ1n) is 6.41. The second-order valence-corrected chi connectivity index (χ2v) is 11.0. The summed E-state index contributed by atoms with van der Waals surface area (Å²) in [5.74, 6) is 0.559. The van der Waals surface area contributed by atoms with Gasteiger partial charge in [0.25, 0.3) is 5.08 Å². The molecule has 0 aliphatic rings. The molecule has 140 valence electrons. The number of aliphatic hydroxyl groups is 1. The molecule has 13 heteroatoms. The summed E-state index contributed by atoms with van der Waals surface area (Å²) in [6, 6.07) is 0. The standard InChI is InChI=1S/C10H23NO8P2S.BrH/c1-9(12)22-8-7-11(2,3)6-4-5-10(13,20(14,15)16)21(17,18)19;/h13H,4-8H2,1-3H3,(H3-,14,15,16,17,18,19);1H. The molecule has 0 aliphatic heterocycles. The van der Waals surface area contributed by atoms with E-state index in [-0.39, 0.29) is 28.5 Å². The van der Waals surface area contributed by atoms with Crippen molar-refractivity contribution in [1.29, 1.82) is 0 Å². The Morgan fingerprint density at radius 3 is 1.87 bits per heavy atom. The van der Waals surface area contributed by atoms with Gasteiger partial charge in [-0.05, 0) is 0 Å². The molecule has 0 rings (SSSR count). The highest BCUT2D eigenvalue weighted by molar-refractivity contribution is 8.13. The third-order valence-electron chi connectivity index (χ3n) is 3.21. The predicted molar refractivity (Wildman–Crippen MR) is 83.3 cm³/mol. The van der Waals surface area contributed by atoms with Crippen LogP contribution in [0, 0.1) is 0 Å². The molecule has 0 aromatic carbocycles. The molecule has 0 aromatic rings. The fourth-order valence-corrected chi connectivity index (χ4v) is 4.88. The Morgan fingerprint density at radius 1 is 1.09 bits per heavy atom. The number of rotatable bonds is 9. The summed E-state index contributed by atoms with van der Waals surface area (Å²) >= 11 is 1.15. The largest absolute Gasteiger partial charge is 1.00 e. The molecule has 5 N–H and O–H groups in total. The molecular formula is C10H24BrNO8P2S. The number of nitrogens with zero attached hydrogens (tertiary/aromatic N) is 1. The van der Waals surface area contributed by atoms with Crippen LogP contribution in [0.1, 0.15) is 19.8 Å². The Bertz CT molecular complexity index is 469. The van der Waals surface area contributed by atoms with E-state index in [9.17, 15) is 19.0 Å². The third kappa shape index (κ3) is 8.58. The van der Waals surface area contributed by atoms with E-state index in [2.05, 4.69) is 0 Å². The fourth-order valence-electron chi connectivity index (χ4n) is 1.75. The minimum Gasteiger partial charge on any atom is -1.00 e. The Labute approximate surface area is 150 Å². The minimum atomic E-state index is -5.39. The van der Waals surface area contributed by atoms with Gasteiger partial charge in [-0.25, -0.2) is 0 Å². The van der Waals surface area contributed by atoms with Crippen LogP contribution in [-0.4, -0.2) is 72.3 Å². The average molecular weight is 460 g/mol. The smallest absolute Gasteiger partial charge is 0.369 e. The zero-order valence-electron chi connectivity index (χ0n) is 13.1. The third-order valence-corrected chi connectivity index (χ3v) is 7.88. The first-order valence-corrected chi connectivity index (χ1v) is 10.6. The van der Waals surface area contributed by atoms with Crippen LogP contribution < -0.4 is 17.0 Å². The zero-order valence-corrected chi connectivity index (χ0v) is 17.3. The van der Waals surface area contributed by atoms with Gasteiger partial charge in [0.1, 0.15) is 0 Å². The van der Waals surface area contributed by atoms with Crippen molar-refractivity contribution in [3.63, 3.8) is 0 Å². The summed E-state index contributed by atoms with van der Waals surface area (Å²) in [5, 5.41) is 6.38. The van der Waals surface area contributed by atoms with Crippen LogP contribution in [0.5, 0.6) is 0 Å². The second kappa shape index (κ2) is 9.43. The molecule has 0 amide bonds. The summed E-state index contributed by atoms with van der Waals surface area (Å²) in [6.07, 6.45) is -0.715. The molecule has 0 aromatic heterocycles. The van der Waals surface area contributed by atoms with E-state index >= 15 is 0 Å². The van der Waals surface area contributed by atoms with Gasteiger partial charge in [-0.15, -0.1) is 0 Å². The molecule has 0 saturated heterocycles. The van der Waals surface area contributed by atoms with Crippen molar-refractivity contribution in [2.75, 3.05) is 32.9 Å². The van der Waals surface area contributed by atoms with Crippen LogP contribution in [-0.2, 0) is 13.9 Å². The van der Waals surface area contributed by atoms with Gasteiger partial charge >= 0.3 is 15.2 Å². The maximum absolute atomic E-state index is 11.2. The summed E-state index contributed by atoms with van der Waals surface area (Å²) in [6.45, 7) is 2.38. The summed E-state index contributed by atoms with van der Waals surface area (Å²) in [4.78, 5) is 47.0. The zero-order chi connectivity index (χ0) is 17.8. The van der Waals surface area contributed by atoms with Crippen molar-refractivity contribution in [2.24, 2.45) is 0 Å². The lowest BCUT2D eigenvalue weighted by atomic mass is 10.3. The molecule has 23 heavy (non-hydrogen) atoms. The van der Waals surface area contributed by atoms with Gasteiger partial charge < -0.3 is 46.1 Å². The highest BCUT2D eigenvalue weighted by Crippen LogP contribution is 2.69. The SMILES string of the molecule is CC(=O)SCC[N+](C)(C)CCCC(O)(P(=O)(O)O)P(=O)(O)O.[Br-]. The van der Waals surface area contributed by atoms with Gasteiger partial charge in [-0.3, -0.25) is 13.9 Å². The van der Waals surface area contributed by atoms with Crippen molar-refractivity contribution in [3.8, 4) is 0 Å². The molecule has 0 saturated carbocycles. The lowest BCUT2D eigenvalue weighted by Crippen LogP contribution is -3.00. The van der Waals surface area contributed by atoms with Gasteiger partial charge in [0.2, 0.25) is 0 Å². The summed E-state index contributed by atoms with van der Waals surface area (Å²) in [7, 11) is -7.15. The van der Waals surface area contributed by atoms with Crippen molar-refractivity contribution in [2.45, 2.75) is 24.8 Å².